The Bertz CT molecular complexity index is 956. The standard InChI is InChI=1S/C20H20N4O4/c1-27-19-16(28-10-9-25)5-4-14-18(19)23-17(24-8-7-22-20(14)24)11-15(26)13-3-2-6-21-12-13/h2-6,11-12,23,25H,7-10H2,1H3/b17-11+. The fourth-order valence-electron chi connectivity index (χ4n) is 3.28. The van der Waals surface area contributed by atoms with Crippen LogP contribution in [0.25, 0.3) is 0 Å². The van der Waals surface area contributed by atoms with E-state index in [2.05, 4.69) is 15.3 Å². The number of amidine groups is 1. The molecule has 0 spiro atoms. The predicted octanol–water partition coefficient (Wildman–Crippen LogP) is 1.67. The molecule has 8 heteroatoms. The third kappa shape index (κ3) is 3.18. The van der Waals surface area contributed by atoms with Crippen molar-refractivity contribution in [1.82, 2.24) is 9.88 Å². The van der Waals surface area contributed by atoms with Gasteiger partial charge in [-0.3, -0.25) is 14.8 Å². The van der Waals surface area contributed by atoms with Crippen LogP contribution in [0.3, 0.4) is 0 Å². The molecule has 28 heavy (non-hydrogen) atoms. The summed E-state index contributed by atoms with van der Waals surface area (Å²) < 4.78 is 11.1. The number of hydrogen-bond donors (Lipinski definition) is 2. The van der Waals surface area contributed by atoms with Crippen LogP contribution in [0.2, 0.25) is 0 Å². The van der Waals surface area contributed by atoms with Crippen LogP contribution in [0.5, 0.6) is 11.5 Å². The number of nitrogens with one attached hydrogen (secondary N) is 1. The van der Waals surface area contributed by atoms with E-state index in [0.29, 0.717) is 41.7 Å². The molecule has 2 aliphatic heterocycles. The van der Waals surface area contributed by atoms with Crippen molar-refractivity contribution in [2.75, 3.05) is 38.7 Å². The molecule has 4 rings (SSSR count). The molecule has 0 amide bonds. The average molecular weight is 380 g/mol. The minimum Gasteiger partial charge on any atom is -0.491 e. The van der Waals surface area contributed by atoms with Crippen LogP contribution in [-0.2, 0) is 0 Å². The van der Waals surface area contributed by atoms with E-state index in [9.17, 15) is 4.79 Å². The van der Waals surface area contributed by atoms with E-state index in [4.69, 9.17) is 14.6 Å². The minimum atomic E-state index is -0.156. The van der Waals surface area contributed by atoms with Crippen LogP contribution >= 0.6 is 0 Å². The summed E-state index contributed by atoms with van der Waals surface area (Å²) >= 11 is 0. The monoisotopic (exact) mass is 380 g/mol. The number of aromatic nitrogens is 1. The summed E-state index contributed by atoms with van der Waals surface area (Å²) in [6.07, 6.45) is 4.71. The maximum atomic E-state index is 12.7. The van der Waals surface area contributed by atoms with Crippen molar-refractivity contribution in [2.45, 2.75) is 0 Å². The minimum absolute atomic E-state index is 0.0983. The van der Waals surface area contributed by atoms with Gasteiger partial charge in [-0.15, -0.1) is 0 Å². The SMILES string of the molecule is COc1c(OCCO)ccc2c1N/C(=C\C(=O)c1cccnc1)N1CCN=C21. The normalized spacial score (nSPS) is 16.1. The maximum absolute atomic E-state index is 12.7. The molecule has 8 nitrogen and oxygen atoms in total. The number of allylic oxidation sites excluding steroid dienone is 1. The second-order valence-corrected chi connectivity index (χ2v) is 6.21. The van der Waals surface area contributed by atoms with Crippen LogP contribution < -0.4 is 14.8 Å². The number of nitrogens with zero attached hydrogens (tertiary/aromatic N) is 3. The average Bonchev–Trinajstić information content (AvgIpc) is 3.23. The van der Waals surface area contributed by atoms with Gasteiger partial charge in [-0.2, -0.15) is 0 Å². The number of fused-ring (bicyclic) bond motifs is 3. The van der Waals surface area contributed by atoms with Crippen molar-refractivity contribution in [3.63, 3.8) is 0 Å². The summed E-state index contributed by atoms with van der Waals surface area (Å²) in [6.45, 7) is 1.38. The van der Waals surface area contributed by atoms with E-state index < -0.39 is 0 Å². The lowest BCUT2D eigenvalue weighted by atomic mass is 10.1. The lowest BCUT2D eigenvalue weighted by molar-refractivity contribution is 0.104. The number of ketones is 1. The van der Waals surface area contributed by atoms with Gasteiger partial charge in [-0.05, 0) is 24.3 Å². The molecule has 0 fully saturated rings. The predicted molar refractivity (Wildman–Crippen MR) is 104 cm³/mol. The Hall–Kier alpha value is -3.39. The Kier molecular flexibility index (Phi) is 4.94. The highest BCUT2D eigenvalue weighted by Crippen LogP contribution is 2.42. The van der Waals surface area contributed by atoms with Crippen LogP contribution in [0, 0.1) is 0 Å². The third-order valence-corrected chi connectivity index (χ3v) is 4.51. The molecule has 0 aliphatic carbocycles. The number of rotatable bonds is 6. The lowest BCUT2D eigenvalue weighted by Gasteiger charge is -2.32. The Balaban J connectivity index is 1.75. The summed E-state index contributed by atoms with van der Waals surface area (Å²) in [7, 11) is 1.55. The number of anilines is 1. The highest BCUT2D eigenvalue weighted by molar-refractivity contribution is 6.11. The molecule has 0 unspecified atom stereocenters. The number of aliphatic hydroxyl groups is 1. The van der Waals surface area contributed by atoms with Crippen LogP contribution in [0.15, 0.2) is 53.5 Å². The number of methoxy groups -OCH3 is 1. The molecular formula is C20H20N4O4. The van der Waals surface area contributed by atoms with Crippen molar-refractivity contribution in [3.8, 4) is 11.5 Å². The Morgan fingerprint density at radius 3 is 3.04 bits per heavy atom. The number of aliphatic imine (C=N–C) groups is 1. The summed E-state index contributed by atoms with van der Waals surface area (Å²) in [5, 5.41) is 12.3. The molecule has 0 saturated carbocycles. The fraction of sp³-hybridized carbons (Fsp3) is 0.250. The van der Waals surface area contributed by atoms with Crippen molar-refractivity contribution in [3.05, 3.63) is 59.7 Å². The maximum Gasteiger partial charge on any atom is 0.191 e. The van der Waals surface area contributed by atoms with Crippen LogP contribution in [0.4, 0.5) is 5.69 Å². The van der Waals surface area contributed by atoms with Crippen molar-refractivity contribution in [1.29, 1.82) is 0 Å². The number of carbonyl (C=O) groups excluding carboxylic acids is 1. The van der Waals surface area contributed by atoms with E-state index >= 15 is 0 Å². The van der Waals surface area contributed by atoms with Gasteiger partial charge in [-0.25, -0.2) is 0 Å². The van der Waals surface area contributed by atoms with Gasteiger partial charge in [0, 0.05) is 36.1 Å². The van der Waals surface area contributed by atoms with Gasteiger partial charge < -0.3 is 24.8 Å². The van der Waals surface area contributed by atoms with E-state index in [1.807, 2.05) is 11.0 Å². The second kappa shape index (κ2) is 7.69. The molecule has 144 valence electrons. The first-order valence-electron chi connectivity index (χ1n) is 8.93. The van der Waals surface area contributed by atoms with Gasteiger partial charge in [0.25, 0.3) is 0 Å². The summed E-state index contributed by atoms with van der Waals surface area (Å²) in [5.41, 5.74) is 2.06. The smallest absolute Gasteiger partial charge is 0.191 e. The summed E-state index contributed by atoms with van der Waals surface area (Å²) in [5.74, 6) is 2.26. The lowest BCUT2D eigenvalue weighted by Crippen LogP contribution is -2.36. The highest BCUT2D eigenvalue weighted by atomic mass is 16.5. The van der Waals surface area contributed by atoms with E-state index in [1.165, 1.54) is 6.20 Å². The molecule has 2 aliphatic rings. The van der Waals surface area contributed by atoms with Crippen molar-refractivity contribution < 1.29 is 19.4 Å². The van der Waals surface area contributed by atoms with E-state index in [1.54, 1.807) is 37.6 Å². The van der Waals surface area contributed by atoms with Crippen molar-refractivity contribution in [2.24, 2.45) is 4.99 Å². The first-order chi connectivity index (χ1) is 13.7. The molecule has 3 heterocycles. The van der Waals surface area contributed by atoms with Crippen molar-refractivity contribution >= 4 is 17.3 Å². The van der Waals surface area contributed by atoms with Gasteiger partial charge in [-0.1, -0.05) is 0 Å². The molecular weight excluding hydrogens is 360 g/mol. The van der Waals surface area contributed by atoms with E-state index in [0.717, 1.165) is 11.4 Å². The van der Waals surface area contributed by atoms with Crippen LogP contribution in [-0.4, -0.2) is 60.0 Å². The Morgan fingerprint density at radius 2 is 2.29 bits per heavy atom. The largest absolute Gasteiger partial charge is 0.491 e. The number of pyridine rings is 1. The zero-order valence-electron chi connectivity index (χ0n) is 15.4. The molecule has 0 atom stereocenters. The molecule has 0 radical (unpaired) electrons. The van der Waals surface area contributed by atoms with Gasteiger partial charge >= 0.3 is 0 Å². The second-order valence-electron chi connectivity index (χ2n) is 6.21. The van der Waals surface area contributed by atoms with E-state index in [-0.39, 0.29) is 19.0 Å². The topological polar surface area (TPSA) is 96.3 Å². The Labute approximate surface area is 162 Å². The number of carbonyl (C=O) groups is 1. The number of benzene rings is 1. The molecule has 0 bridgehead atoms. The van der Waals surface area contributed by atoms with Gasteiger partial charge in [0.05, 0.1) is 25.9 Å². The van der Waals surface area contributed by atoms with Gasteiger partial charge in [0.15, 0.2) is 17.3 Å². The van der Waals surface area contributed by atoms with Crippen LogP contribution in [0.1, 0.15) is 15.9 Å². The number of hydrogen-bond acceptors (Lipinski definition) is 8. The highest BCUT2D eigenvalue weighted by Gasteiger charge is 2.32. The fourth-order valence-corrected chi connectivity index (χ4v) is 3.28. The molecule has 2 N–H and O–H groups in total. The molecule has 1 aromatic carbocycles. The zero-order chi connectivity index (χ0) is 19.5. The summed E-state index contributed by atoms with van der Waals surface area (Å²) in [4.78, 5) is 23.2. The Morgan fingerprint density at radius 1 is 1.39 bits per heavy atom. The molecule has 1 aromatic heterocycles. The molecule has 0 saturated heterocycles. The third-order valence-electron chi connectivity index (χ3n) is 4.51. The first-order valence-corrected chi connectivity index (χ1v) is 8.93. The number of ether oxygens (including phenoxy) is 2. The summed E-state index contributed by atoms with van der Waals surface area (Å²) in [6, 6.07) is 7.15. The first kappa shape index (κ1) is 18.0. The molecule has 2 aromatic rings. The van der Waals surface area contributed by atoms with Gasteiger partial charge in [0.1, 0.15) is 18.3 Å². The zero-order valence-corrected chi connectivity index (χ0v) is 15.4. The number of aliphatic hydroxyl groups excluding tert-OH is 1. The van der Waals surface area contributed by atoms with Gasteiger partial charge in [0.2, 0.25) is 0 Å². The quantitative estimate of drug-likeness (QED) is 0.581.